The van der Waals surface area contributed by atoms with Crippen LogP contribution in [0.15, 0.2) is 36.4 Å². The van der Waals surface area contributed by atoms with Crippen molar-refractivity contribution in [3.8, 4) is 0 Å². The first-order valence-corrected chi connectivity index (χ1v) is 5.91. The molecule has 1 heterocycles. The van der Waals surface area contributed by atoms with Gasteiger partial charge in [0.05, 0.1) is 11.3 Å². The molecule has 1 amide bonds. The summed E-state index contributed by atoms with van der Waals surface area (Å²) in [6, 6.07) is 10.3. The Bertz CT molecular complexity index is 619. The molecule has 0 aliphatic rings. The molecule has 1 N–H and O–H groups in total. The molecule has 0 bridgehead atoms. The monoisotopic (exact) mass is 254 g/mol. The van der Waals surface area contributed by atoms with Gasteiger partial charge < -0.3 is 5.32 Å². The van der Waals surface area contributed by atoms with Crippen LogP contribution in [0.4, 0.5) is 5.69 Å². The van der Waals surface area contributed by atoms with Crippen molar-refractivity contribution in [2.45, 2.75) is 13.8 Å². The lowest BCUT2D eigenvalue weighted by Crippen LogP contribution is -2.14. The number of anilines is 1. The largest absolute Gasteiger partial charge is 0.322 e. The second-order valence-electron chi connectivity index (χ2n) is 4.28. The van der Waals surface area contributed by atoms with Crippen LogP contribution in [0.5, 0.6) is 0 Å². The van der Waals surface area contributed by atoms with Gasteiger partial charge in [-0.25, -0.2) is 0 Å². The van der Waals surface area contributed by atoms with E-state index in [-0.39, 0.29) is 5.91 Å². The second-order valence-corrected chi connectivity index (χ2v) is 4.28. The third-order valence-corrected chi connectivity index (χ3v) is 2.77. The third kappa shape index (κ3) is 3.04. The normalized spacial score (nSPS) is 10.0. The number of benzene rings is 1. The van der Waals surface area contributed by atoms with Crippen LogP contribution in [0.25, 0.3) is 0 Å². The highest BCUT2D eigenvalue weighted by Crippen LogP contribution is 2.12. The number of aromatic nitrogens is 1. The zero-order valence-electron chi connectivity index (χ0n) is 10.8. The molecule has 0 aliphatic heterocycles. The number of nitrogens with one attached hydrogen (secondary N) is 1. The average molecular weight is 254 g/mol. The molecular weight excluding hydrogens is 240 g/mol. The van der Waals surface area contributed by atoms with Crippen LogP contribution < -0.4 is 5.32 Å². The zero-order chi connectivity index (χ0) is 13.8. The maximum absolute atomic E-state index is 12.1. The number of hydrogen-bond acceptors (Lipinski definition) is 3. The Hall–Kier alpha value is -2.49. The first kappa shape index (κ1) is 13.0. The molecule has 0 unspecified atom stereocenters. The van der Waals surface area contributed by atoms with Gasteiger partial charge in [0.25, 0.3) is 5.91 Å². The highest BCUT2D eigenvalue weighted by Gasteiger charge is 2.10. The molecule has 1 aromatic heterocycles. The molecule has 2 aromatic rings. The lowest BCUT2D eigenvalue weighted by Gasteiger charge is -2.07. The number of carbonyl (C=O) groups excluding carboxylic acids is 2. The molecule has 4 heteroatoms. The smallest absolute Gasteiger partial charge is 0.257 e. The number of hydrogen-bond donors (Lipinski definition) is 1. The van der Waals surface area contributed by atoms with E-state index >= 15 is 0 Å². The van der Waals surface area contributed by atoms with Gasteiger partial charge in [-0.1, -0.05) is 0 Å². The van der Waals surface area contributed by atoms with Crippen LogP contribution in [0.2, 0.25) is 0 Å². The number of nitrogens with zero attached hydrogens (tertiary/aromatic N) is 1. The molecule has 96 valence electrons. The predicted molar refractivity (Wildman–Crippen MR) is 73.5 cm³/mol. The van der Waals surface area contributed by atoms with E-state index in [4.69, 9.17) is 0 Å². The highest BCUT2D eigenvalue weighted by atomic mass is 16.1. The minimum absolute atomic E-state index is 0.205. The zero-order valence-corrected chi connectivity index (χ0v) is 10.8. The number of amides is 1. The molecule has 4 nitrogen and oxygen atoms in total. The Morgan fingerprint density at radius 3 is 2.37 bits per heavy atom. The van der Waals surface area contributed by atoms with Gasteiger partial charge in [-0.15, -0.1) is 0 Å². The van der Waals surface area contributed by atoms with Crippen LogP contribution in [-0.2, 0) is 0 Å². The third-order valence-electron chi connectivity index (χ3n) is 2.77. The highest BCUT2D eigenvalue weighted by molar-refractivity contribution is 6.05. The van der Waals surface area contributed by atoms with E-state index in [1.165, 1.54) is 0 Å². The van der Waals surface area contributed by atoms with Gasteiger partial charge in [0.1, 0.15) is 6.29 Å². The van der Waals surface area contributed by atoms with Gasteiger partial charge in [-0.2, -0.15) is 0 Å². The summed E-state index contributed by atoms with van der Waals surface area (Å²) >= 11 is 0. The molecule has 0 saturated carbocycles. The van der Waals surface area contributed by atoms with E-state index in [2.05, 4.69) is 10.3 Å². The Balaban J connectivity index is 2.18. The number of carbonyl (C=O) groups is 2. The van der Waals surface area contributed by atoms with Gasteiger partial charge in [-0.05, 0) is 50.2 Å². The Morgan fingerprint density at radius 1 is 1.11 bits per heavy atom. The molecule has 0 atom stereocenters. The van der Waals surface area contributed by atoms with Gasteiger partial charge in [-0.3, -0.25) is 14.6 Å². The van der Waals surface area contributed by atoms with E-state index in [1.54, 1.807) is 43.3 Å². The van der Waals surface area contributed by atoms with Gasteiger partial charge in [0, 0.05) is 16.9 Å². The summed E-state index contributed by atoms with van der Waals surface area (Å²) in [5.41, 5.74) is 3.35. The summed E-state index contributed by atoms with van der Waals surface area (Å²) in [6.45, 7) is 3.68. The van der Waals surface area contributed by atoms with Gasteiger partial charge in [0.2, 0.25) is 0 Å². The summed E-state index contributed by atoms with van der Waals surface area (Å²) in [4.78, 5) is 26.9. The summed E-state index contributed by atoms with van der Waals surface area (Å²) in [6.07, 6.45) is 0.764. The van der Waals surface area contributed by atoms with Gasteiger partial charge >= 0.3 is 0 Å². The Kier molecular flexibility index (Phi) is 3.71. The number of pyridine rings is 1. The van der Waals surface area contributed by atoms with Crippen LogP contribution in [0.1, 0.15) is 32.1 Å². The molecule has 19 heavy (non-hydrogen) atoms. The average Bonchev–Trinajstić information content (AvgIpc) is 2.39. The van der Waals surface area contributed by atoms with Crippen molar-refractivity contribution in [3.63, 3.8) is 0 Å². The molecule has 0 radical (unpaired) electrons. The molecule has 0 aliphatic carbocycles. The van der Waals surface area contributed by atoms with Crippen LogP contribution in [0.3, 0.4) is 0 Å². The van der Waals surface area contributed by atoms with Crippen molar-refractivity contribution in [2.75, 3.05) is 5.32 Å². The maximum Gasteiger partial charge on any atom is 0.257 e. The molecular formula is C15H14N2O2. The lowest BCUT2D eigenvalue weighted by atomic mass is 10.1. The van der Waals surface area contributed by atoms with Crippen molar-refractivity contribution >= 4 is 17.9 Å². The Labute approximate surface area is 111 Å². The van der Waals surface area contributed by atoms with E-state index < -0.39 is 0 Å². The van der Waals surface area contributed by atoms with Crippen LogP contribution >= 0.6 is 0 Å². The predicted octanol–water partition coefficient (Wildman–Crippen LogP) is 2.76. The van der Waals surface area contributed by atoms with Crippen molar-refractivity contribution in [2.24, 2.45) is 0 Å². The fourth-order valence-electron chi connectivity index (χ4n) is 1.77. The summed E-state index contributed by atoms with van der Waals surface area (Å²) in [5.74, 6) is -0.205. The maximum atomic E-state index is 12.1. The summed E-state index contributed by atoms with van der Waals surface area (Å²) < 4.78 is 0. The fraction of sp³-hybridized carbons (Fsp3) is 0.133. The molecule has 1 aromatic carbocycles. The van der Waals surface area contributed by atoms with Crippen molar-refractivity contribution in [1.82, 2.24) is 4.98 Å². The molecule has 2 rings (SSSR count). The quantitative estimate of drug-likeness (QED) is 0.857. The van der Waals surface area contributed by atoms with E-state index in [1.807, 2.05) is 6.92 Å². The SMILES string of the molecule is Cc1ccc(C(=O)Nc2ccc(C=O)cc2)c(C)n1. The minimum atomic E-state index is -0.205. The van der Waals surface area contributed by atoms with Crippen LogP contribution in [0, 0.1) is 13.8 Å². The van der Waals surface area contributed by atoms with Crippen molar-refractivity contribution in [1.29, 1.82) is 0 Å². The van der Waals surface area contributed by atoms with E-state index in [9.17, 15) is 9.59 Å². The van der Waals surface area contributed by atoms with Crippen LogP contribution in [-0.4, -0.2) is 17.2 Å². The number of aldehydes is 1. The fourth-order valence-corrected chi connectivity index (χ4v) is 1.77. The number of rotatable bonds is 3. The molecule has 0 spiro atoms. The Morgan fingerprint density at radius 2 is 1.79 bits per heavy atom. The van der Waals surface area contributed by atoms with E-state index in [0.717, 1.165) is 12.0 Å². The minimum Gasteiger partial charge on any atom is -0.322 e. The standard InChI is InChI=1S/C15H14N2O2/c1-10-3-8-14(11(2)16-10)15(19)17-13-6-4-12(9-18)5-7-13/h3-9H,1-2H3,(H,17,19). The summed E-state index contributed by atoms with van der Waals surface area (Å²) in [5, 5.41) is 2.77. The molecule has 0 saturated heterocycles. The number of aryl methyl sites for hydroxylation is 2. The van der Waals surface area contributed by atoms with Crippen molar-refractivity contribution in [3.05, 3.63) is 58.9 Å². The molecule has 0 fully saturated rings. The van der Waals surface area contributed by atoms with E-state index in [0.29, 0.717) is 22.5 Å². The van der Waals surface area contributed by atoms with Gasteiger partial charge in [0.15, 0.2) is 0 Å². The lowest BCUT2D eigenvalue weighted by molar-refractivity contribution is 0.102. The first-order valence-electron chi connectivity index (χ1n) is 5.91. The van der Waals surface area contributed by atoms with Crippen molar-refractivity contribution < 1.29 is 9.59 Å². The summed E-state index contributed by atoms with van der Waals surface area (Å²) in [7, 11) is 0. The topological polar surface area (TPSA) is 59.1 Å². The second kappa shape index (κ2) is 5.44. The first-order chi connectivity index (χ1) is 9.10.